The maximum atomic E-state index is 13.8. The molecule has 2 amide bonds. The van der Waals surface area contributed by atoms with Crippen molar-refractivity contribution in [2.75, 3.05) is 5.32 Å². The summed E-state index contributed by atoms with van der Waals surface area (Å²) in [5.74, 6) is -9.05. The summed E-state index contributed by atoms with van der Waals surface area (Å²) >= 11 is 0. The van der Waals surface area contributed by atoms with Crippen molar-refractivity contribution in [3.63, 3.8) is 0 Å². The maximum absolute atomic E-state index is 13.8. The number of Topliss-reactive ketones (excluding diaryl/α,β-unsaturated/α-hetero) is 2. The van der Waals surface area contributed by atoms with Gasteiger partial charge in [0.2, 0.25) is 5.78 Å². The lowest BCUT2D eigenvalue weighted by molar-refractivity contribution is -0.160. The van der Waals surface area contributed by atoms with Gasteiger partial charge in [-0.3, -0.25) is 19.7 Å². The van der Waals surface area contributed by atoms with Crippen LogP contribution < -0.4 is 11.1 Å². The minimum Gasteiger partial charge on any atom is -0.508 e. The summed E-state index contributed by atoms with van der Waals surface area (Å²) in [5, 5.41) is 46.8. The summed E-state index contributed by atoms with van der Waals surface area (Å²) in [6.45, 7) is 1.67. The van der Waals surface area contributed by atoms with E-state index in [2.05, 4.69) is 5.32 Å². The Balaban J connectivity index is 1.70. The quantitative estimate of drug-likeness (QED) is 0.329. The van der Waals surface area contributed by atoms with Gasteiger partial charge in [-0.25, -0.2) is 4.79 Å². The molecule has 1 saturated carbocycles. The average Bonchev–Trinajstić information content (AvgIpc) is 2.86. The van der Waals surface area contributed by atoms with Crippen LogP contribution in [0.2, 0.25) is 0 Å². The molecule has 11 heteroatoms. The number of anilines is 1. The number of primary amides is 1. The number of ketones is 2. The van der Waals surface area contributed by atoms with E-state index >= 15 is 0 Å². The number of aliphatic hydroxyl groups is 3. The third kappa shape index (κ3) is 3.46. The van der Waals surface area contributed by atoms with Crippen LogP contribution in [-0.2, 0) is 19.1 Å². The Hall–Kier alpha value is -4.64. The molecule has 5 atom stereocenters. The van der Waals surface area contributed by atoms with E-state index in [9.17, 15) is 39.6 Å². The number of nitrogens with two attached hydrogens (primary N) is 1. The Morgan fingerprint density at radius 2 is 1.74 bits per heavy atom. The van der Waals surface area contributed by atoms with Crippen LogP contribution in [0.3, 0.4) is 0 Å². The Morgan fingerprint density at radius 3 is 2.39 bits per heavy atom. The molecule has 11 nitrogen and oxygen atoms in total. The van der Waals surface area contributed by atoms with E-state index in [-0.39, 0.29) is 11.3 Å². The second kappa shape index (κ2) is 8.73. The number of fused-ring (bicyclic) bond motifs is 3. The highest BCUT2D eigenvalue weighted by atomic mass is 16.6. The molecular weight excluding hydrogens is 496 g/mol. The van der Waals surface area contributed by atoms with Gasteiger partial charge in [0.1, 0.15) is 28.9 Å². The number of para-hydroxylation sites is 1. The van der Waals surface area contributed by atoms with Crippen molar-refractivity contribution >= 4 is 35.0 Å². The van der Waals surface area contributed by atoms with Crippen LogP contribution in [0.1, 0.15) is 30.4 Å². The molecule has 7 N–H and O–H groups in total. The number of carbonyl (C=O) groups is 4. The summed E-state index contributed by atoms with van der Waals surface area (Å²) in [7, 11) is 0. The summed E-state index contributed by atoms with van der Waals surface area (Å²) in [5.41, 5.74) is 1.72. The molecule has 0 spiro atoms. The van der Waals surface area contributed by atoms with Gasteiger partial charge < -0.3 is 30.9 Å². The third-order valence-corrected chi connectivity index (χ3v) is 7.60. The summed E-state index contributed by atoms with van der Waals surface area (Å²) in [6, 6.07) is 12.7. The van der Waals surface area contributed by atoms with Crippen molar-refractivity contribution in [2.24, 2.45) is 17.6 Å². The standard InChI is InChI=1S/C27H24N2O9/c1-11-13-8-5-9-15(30)18(13)21(32)20-17(11)22(38-26(36)29-12-6-3-2-4-7-12)14-10-16(31)19(25(28)35)23(33)27(14,37)24(20)34/h2-9,11,14,17,22,30,32-33,37H,10H2,1H3,(H2,28,35)(H,29,36)/t11-,14+,17+,22+,27+/m0/s1. The predicted molar refractivity (Wildman–Crippen MR) is 132 cm³/mol. The second-order valence-corrected chi connectivity index (χ2v) is 9.60. The predicted octanol–water partition coefficient (Wildman–Crippen LogP) is 2.21. The van der Waals surface area contributed by atoms with Crippen molar-refractivity contribution in [2.45, 2.75) is 31.0 Å². The molecule has 2 aromatic carbocycles. The Labute approximate surface area is 215 Å². The van der Waals surface area contributed by atoms with Crippen LogP contribution >= 0.6 is 0 Å². The number of aromatic hydroxyl groups is 1. The molecule has 3 aliphatic carbocycles. The van der Waals surface area contributed by atoms with Crippen LogP contribution in [-0.4, -0.2) is 55.7 Å². The van der Waals surface area contributed by atoms with Crippen LogP contribution in [0, 0.1) is 11.8 Å². The summed E-state index contributed by atoms with van der Waals surface area (Å²) in [6.07, 6.45) is -3.08. The molecule has 0 radical (unpaired) electrons. The fraction of sp³-hybridized carbons (Fsp3) is 0.259. The molecule has 0 bridgehead atoms. The van der Waals surface area contributed by atoms with Crippen molar-refractivity contribution in [1.82, 2.24) is 0 Å². The van der Waals surface area contributed by atoms with E-state index < -0.39 is 82.1 Å². The molecule has 0 aliphatic heterocycles. The largest absolute Gasteiger partial charge is 0.508 e. The first kappa shape index (κ1) is 25.0. The lowest BCUT2D eigenvalue weighted by Crippen LogP contribution is -2.64. The van der Waals surface area contributed by atoms with Crippen molar-refractivity contribution in [3.05, 3.63) is 76.6 Å². The number of hydrogen-bond donors (Lipinski definition) is 6. The lowest BCUT2D eigenvalue weighted by Gasteiger charge is -2.51. The topological polar surface area (TPSA) is 196 Å². The molecule has 2 aromatic rings. The second-order valence-electron chi connectivity index (χ2n) is 9.60. The van der Waals surface area contributed by atoms with E-state index in [0.29, 0.717) is 11.3 Å². The maximum Gasteiger partial charge on any atom is 0.411 e. The van der Waals surface area contributed by atoms with Crippen LogP contribution in [0.5, 0.6) is 5.75 Å². The zero-order chi connectivity index (χ0) is 27.5. The minimum absolute atomic E-state index is 0.0559. The lowest BCUT2D eigenvalue weighted by atomic mass is 9.55. The fourth-order valence-electron chi connectivity index (χ4n) is 5.87. The molecular formula is C27H24N2O9. The van der Waals surface area contributed by atoms with Crippen molar-refractivity contribution in [3.8, 4) is 5.75 Å². The van der Waals surface area contributed by atoms with Crippen LogP contribution in [0.25, 0.3) is 5.76 Å². The molecule has 1 fully saturated rings. The first-order valence-corrected chi connectivity index (χ1v) is 11.8. The number of phenols is 1. The molecule has 0 unspecified atom stereocenters. The molecule has 38 heavy (non-hydrogen) atoms. The van der Waals surface area contributed by atoms with E-state index in [1.807, 2.05) is 0 Å². The average molecular weight is 520 g/mol. The summed E-state index contributed by atoms with van der Waals surface area (Å²) in [4.78, 5) is 51.6. The van der Waals surface area contributed by atoms with Crippen molar-refractivity contribution in [1.29, 1.82) is 0 Å². The third-order valence-electron chi connectivity index (χ3n) is 7.60. The zero-order valence-electron chi connectivity index (χ0n) is 20.0. The molecule has 196 valence electrons. The first-order valence-electron chi connectivity index (χ1n) is 11.8. The number of rotatable bonds is 3. The number of carbonyl (C=O) groups excluding carboxylic acids is 4. The number of nitrogens with one attached hydrogen (secondary N) is 1. The Kier molecular flexibility index (Phi) is 5.75. The SMILES string of the molecule is C[C@H]1c2cccc(O)c2C(O)=C2C(=O)[C@]3(O)C(O)=C(C(N)=O)C(=O)C[C@@H]3[C@@H](OC(=O)Nc3ccccc3)[C@@H]21. The first-order chi connectivity index (χ1) is 18.0. The number of amides is 2. The minimum atomic E-state index is -2.92. The van der Waals surface area contributed by atoms with E-state index in [0.717, 1.165) is 0 Å². The van der Waals surface area contributed by atoms with Gasteiger partial charge in [-0.2, -0.15) is 0 Å². The van der Waals surface area contributed by atoms with E-state index in [1.165, 1.54) is 6.07 Å². The highest BCUT2D eigenvalue weighted by molar-refractivity contribution is 6.23. The molecule has 0 heterocycles. The highest BCUT2D eigenvalue weighted by Crippen LogP contribution is 2.56. The van der Waals surface area contributed by atoms with Gasteiger partial charge in [-0.1, -0.05) is 37.3 Å². The molecule has 5 rings (SSSR count). The monoisotopic (exact) mass is 520 g/mol. The molecule has 3 aliphatic rings. The van der Waals surface area contributed by atoms with Gasteiger partial charge in [0.15, 0.2) is 11.4 Å². The number of ether oxygens (including phenoxy) is 1. The van der Waals surface area contributed by atoms with Gasteiger partial charge in [0.05, 0.1) is 5.56 Å². The Bertz CT molecular complexity index is 1460. The van der Waals surface area contributed by atoms with Gasteiger partial charge in [0.25, 0.3) is 5.91 Å². The van der Waals surface area contributed by atoms with Gasteiger partial charge in [0, 0.05) is 29.5 Å². The van der Waals surface area contributed by atoms with E-state index in [4.69, 9.17) is 10.5 Å². The summed E-state index contributed by atoms with van der Waals surface area (Å²) < 4.78 is 5.73. The smallest absolute Gasteiger partial charge is 0.411 e. The van der Waals surface area contributed by atoms with Crippen LogP contribution in [0.4, 0.5) is 10.5 Å². The van der Waals surface area contributed by atoms with Gasteiger partial charge in [-0.05, 0) is 29.7 Å². The number of aliphatic hydroxyl groups excluding tert-OH is 2. The molecule has 0 saturated heterocycles. The number of benzene rings is 2. The van der Waals surface area contributed by atoms with Crippen LogP contribution in [0.15, 0.2) is 65.4 Å². The number of hydrogen-bond acceptors (Lipinski definition) is 9. The van der Waals surface area contributed by atoms with Gasteiger partial charge >= 0.3 is 6.09 Å². The van der Waals surface area contributed by atoms with Gasteiger partial charge in [-0.15, -0.1) is 0 Å². The number of phenolic OH excluding ortho intramolecular Hbond substituents is 1. The van der Waals surface area contributed by atoms with E-state index in [1.54, 1.807) is 49.4 Å². The molecule has 0 aromatic heterocycles. The zero-order valence-corrected chi connectivity index (χ0v) is 20.0. The highest BCUT2D eigenvalue weighted by Gasteiger charge is 2.66. The van der Waals surface area contributed by atoms with Crippen molar-refractivity contribution < 1.29 is 44.3 Å². The Morgan fingerprint density at radius 1 is 1.05 bits per heavy atom. The normalized spacial score (nSPS) is 28.3. The fourth-order valence-corrected chi connectivity index (χ4v) is 5.87.